The minimum atomic E-state index is -1.18. The number of aromatic nitrogens is 1. The van der Waals surface area contributed by atoms with Gasteiger partial charge in [0.15, 0.2) is 0 Å². The van der Waals surface area contributed by atoms with Gasteiger partial charge in [-0.3, -0.25) is 14.6 Å². The van der Waals surface area contributed by atoms with Crippen molar-refractivity contribution in [2.24, 2.45) is 5.73 Å². The first-order valence-corrected chi connectivity index (χ1v) is 4.67. The van der Waals surface area contributed by atoms with Gasteiger partial charge >= 0.3 is 5.97 Å². The summed E-state index contributed by atoms with van der Waals surface area (Å²) in [7, 11) is 1.56. The second-order valence-electron chi connectivity index (χ2n) is 3.31. The van der Waals surface area contributed by atoms with Crippen molar-refractivity contribution in [3.05, 3.63) is 24.5 Å². The summed E-state index contributed by atoms with van der Waals surface area (Å²) in [4.78, 5) is 27.3. The molecule has 1 amide bonds. The van der Waals surface area contributed by atoms with Gasteiger partial charge in [-0.15, -0.1) is 0 Å². The highest BCUT2D eigenvalue weighted by molar-refractivity contribution is 5.95. The third-order valence-corrected chi connectivity index (χ3v) is 2.14. The number of hydrogen-bond donors (Lipinski definition) is 2. The SMILES string of the molecule is CN(C(=O)CC(N)C(=O)O)c1ccncc1. The Morgan fingerprint density at radius 1 is 1.50 bits per heavy atom. The van der Waals surface area contributed by atoms with Crippen LogP contribution in [0.5, 0.6) is 0 Å². The van der Waals surface area contributed by atoms with Crippen molar-refractivity contribution in [2.75, 3.05) is 11.9 Å². The van der Waals surface area contributed by atoms with E-state index >= 15 is 0 Å². The molecule has 0 saturated carbocycles. The zero-order chi connectivity index (χ0) is 12.1. The highest BCUT2D eigenvalue weighted by atomic mass is 16.4. The molecule has 0 aliphatic rings. The van der Waals surface area contributed by atoms with Gasteiger partial charge in [0.05, 0.1) is 6.42 Å². The molecular weight excluding hydrogens is 210 g/mol. The molecule has 1 aromatic heterocycles. The average Bonchev–Trinajstić information content (AvgIpc) is 2.28. The fourth-order valence-electron chi connectivity index (χ4n) is 1.12. The molecule has 6 nitrogen and oxygen atoms in total. The Bertz CT molecular complexity index is 380. The predicted molar refractivity (Wildman–Crippen MR) is 57.9 cm³/mol. The van der Waals surface area contributed by atoms with Crippen molar-refractivity contribution in [2.45, 2.75) is 12.5 Å². The number of hydrogen-bond acceptors (Lipinski definition) is 4. The Kier molecular flexibility index (Phi) is 3.96. The minimum absolute atomic E-state index is 0.228. The molecule has 0 spiro atoms. The number of carboxylic acids is 1. The van der Waals surface area contributed by atoms with Crippen molar-refractivity contribution in [3.8, 4) is 0 Å². The molecule has 1 unspecified atom stereocenters. The molecular formula is C10H13N3O3. The van der Waals surface area contributed by atoms with Gasteiger partial charge in [-0.05, 0) is 12.1 Å². The Morgan fingerprint density at radius 3 is 2.56 bits per heavy atom. The van der Waals surface area contributed by atoms with Gasteiger partial charge in [0, 0.05) is 25.1 Å². The van der Waals surface area contributed by atoms with E-state index in [0.29, 0.717) is 5.69 Å². The Hall–Kier alpha value is -1.95. The van der Waals surface area contributed by atoms with E-state index in [1.54, 1.807) is 31.6 Å². The first-order chi connectivity index (χ1) is 7.52. The Morgan fingerprint density at radius 2 is 2.06 bits per heavy atom. The van der Waals surface area contributed by atoms with E-state index in [1.165, 1.54) is 4.90 Å². The molecule has 1 rings (SSSR count). The van der Waals surface area contributed by atoms with Gasteiger partial charge in [0.25, 0.3) is 0 Å². The second kappa shape index (κ2) is 5.22. The summed E-state index contributed by atoms with van der Waals surface area (Å²) < 4.78 is 0. The largest absolute Gasteiger partial charge is 0.480 e. The topological polar surface area (TPSA) is 96.5 Å². The lowest BCUT2D eigenvalue weighted by Gasteiger charge is -2.18. The number of nitrogens with zero attached hydrogens (tertiary/aromatic N) is 2. The highest BCUT2D eigenvalue weighted by Gasteiger charge is 2.19. The van der Waals surface area contributed by atoms with Crippen LogP contribution in [0.15, 0.2) is 24.5 Å². The molecule has 1 atom stereocenters. The maximum atomic E-state index is 11.6. The van der Waals surface area contributed by atoms with Crippen molar-refractivity contribution >= 4 is 17.6 Å². The molecule has 0 radical (unpaired) electrons. The Labute approximate surface area is 92.7 Å². The van der Waals surface area contributed by atoms with Gasteiger partial charge in [0.1, 0.15) is 6.04 Å². The van der Waals surface area contributed by atoms with E-state index in [-0.39, 0.29) is 12.3 Å². The van der Waals surface area contributed by atoms with E-state index in [4.69, 9.17) is 10.8 Å². The third kappa shape index (κ3) is 3.03. The third-order valence-electron chi connectivity index (χ3n) is 2.14. The molecule has 0 bridgehead atoms. The van der Waals surface area contributed by atoms with Crippen molar-refractivity contribution in [3.63, 3.8) is 0 Å². The van der Waals surface area contributed by atoms with Crippen LogP contribution in [0.2, 0.25) is 0 Å². The standard InChI is InChI=1S/C10H13N3O3/c1-13(7-2-4-12-5-3-7)9(14)6-8(11)10(15)16/h2-5,8H,6,11H2,1H3,(H,15,16). The van der Waals surface area contributed by atoms with Gasteiger partial charge in [-0.1, -0.05) is 0 Å². The first kappa shape index (κ1) is 12.1. The summed E-state index contributed by atoms with van der Waals surface area (Å²) in [6.07, 6.45) is 2.88. The normalized spacial score (nSPS) is 11.9. The zero-order valence-electron chi connectivity index (χ0n) is 8.83. The van der Waals surface area contributed by atoms with Crippen LogP contribution in [0.4, 0.5) is 5.69 Å². The lowest BCUT2D eigenvalue weighted by molar-refractivity contribution is -0.140. The highest BCUT2D eigenvalue weighted by Crippen LogP contribution is 2.11. The molecule has 0 saturated heterocycles. The molecule has 16 heavy (non-hydrogen) atoms. The zero-order valence-corrected chi connectivity index (χ0v) is 8.83. The summed E-state index contributed by atoms with van der Waals surface area (Å²) in [5, 5.41) is 8.58. The number of carbonyl (C=O) groups excluding carboxylic acids is 1. The molecule has 1 heterocycles. The average molecular weight is 223 g/mol. The predicted octanol–water partition coefficient (Wildman–Crippen LogP) is -0.154. The van der Waals surface area contributed by atoms with Crippen LogP contribution in [-0.4, -0.2) is 35.1 Å². The van der Waals surface area contributed by atoms with Crippen LogP contribution in [0.25, 0.3) is 0 Å². The number of rotatable bonds is 4. The smallest absolute Gasteiger partial charge is 0.321 e. The Balaban J connectivity index is 2.65. The fraction of sp³-hybridized carbons (Fsp3) is 0.300. The maximum absolute atomic E-state index is 11.6. The lowest BCUT2D eigenvalue weighted by atomic mass is 10.2. The number of pyridine rings is 1. The van der Waals surface area contributed by atoms with Crippen LogP contribution < -0.4 is 10.6 Å². The molecule has 0 aliphatic carbocycles. The van der Waals surface area contributed by atoms with Crippen LogP contribution in [0.3, 0.4) is 0 Å². The maximum Gasteiger partial charge on any atom is 0.321 e. The number of anilines is 1. The van der Waals surface area contributed by atoms with E-state index < -0.39 is 12.0 Å². The molecule has 1 aromatic rings. The van der Waals surface area contributed by atoms with Crippen LogP contribution in [0, 0.1) is 0 Å². The molecule has 86 valence electrons. The number of nitrogens with two attached hydrogens (primary N) is 1. The van der Waals surface area contributed by atoms with E-state index in [2.05, 4.69) is 4.98 Å². The molecule has 0 fully saturated rings. The summed E-state index contributed by atoms with van der Waals surface area (Å²) in [5.74, 6) is -1.53. The second-order valence-corrected chi connectivity index (χ2v) is 3.31. The number of carbonyl (C=O) groups is 2. The lowest BCUT2D eigenvalue weighted by Crippen LogP contribution is -2.37. The number of aliphatic carboxylic acids is 1. The fourth-order valence-corrected chi connectivity index (χ4v) is 1.12. The summed E-state index contributed by atoms with van der Waals surface area (Å²) in [6, 6.07) is 2.14. The van der Waals surface area contributed by atoms with Crippen molar-refractivity contribution in [1.29, 1.82) is 0 Å². The van der Waals surface area contributed by atoms with Crippen molar-refractivity contribution in [1.82, 2.24) is 4.98 Å². The summed E-state index contributed by atoms with van der Waals surface area (Å²) >= 11 is 0. The van der Waals surface area contributed by atoms with E-state index in [1.807, 2.05) is 0 Å². The minimum Gasteiger partial charge on any atom is -0.480 e. The van der Waals surface area contributed by atoms with Crippen LogP contribution in [0.1, 0.15) is 6.42 Å². The summed E-state index contributed by atoms with van der Waals surface area (Å²) in [6.45, 7) is 0. The van der Waals surface area contributed by atoms with Gasteiger partial charge in [-0.25, -0.2) is 0 Å². The summed E-state index contributed by atoms with van der Waals surface area (Å²) in [5.41, 5.74) is 5.92. The molecule has 6 heteroatoms. The van der Waals surface area contributed by atoms with Crippen molar-refractivity contribution < 1.29 is 14.7 Å². The number of amides is 1. The first-order valence-electron chi connectivity index (χ1n) is 4.67. The van der Waals surface area contributed by atoms with Gasteiger partial charge in [0.2, 0.25) is 5.91 Å². The molecule has 0 aliphatic heterocycles. The number of carboxylic acid groups (broad SMARTS) is 1. The monoisotopic (exact) mass is 223 g/mol. The van der Waals surface area contributed by atoms with Crippen LogP contribution >= 0.6 is 0 Å². The molecule has 0 aromatic carbocycles. The molecule has 3 N–H and O–H groups in total. The quantitative estimate of drug-likeness (QED) is 0.739. The van der Waals surface area contributed by atoms with E-state index in [9.17, 15) is 9.59 Å². The van der Waals surface area contributed by atoms with E-state index in [0.717, 1.165) is 0 Å². The van der Waals surface area contributed by atoms with Gasteiger partial charge in [-0.2, -0.15) is 0 Å². The van der Waals surface area contributed by atoms with Crippen LogP contribution in [-0.2, 0) is 9.59 Å². The van der Waals surface area contributed by atoms with Gasteiger partial charge < -0.3 is 15.7 Å².